The Labute approximate surface area is 172 Å². The monoisotopic (exact) mass is 392 g/mol. The van der Waals surface area contributed by atoms with E-state index in [1.54, 1.807) is 20.4 Å². The van der Waals surface area contributed by atoms with Crippen LogP contribution in [0.25, 0.3) is 0 Å². The zero-order chi connectivity index (χ0) is 20.6. The first-order valence-electron chi connectivity index (χ1n) is 9.78. The number of benzene rings is 2. The standard InChI is InChI=1S/C23H28N4O2/c1-5-18-8-6-7-16(2)22(18)27-23-25-14-12-21(26-23)24-13-11-17-9-10-19(28-3)20(15-17)29-4/h6-10,12,14-15H,5,11,13H2,1-4H3,(H2,24,25,26,27). The number of aromatic nitrogens is 2. The molecule has 0 radical (unpaired) electrons. The lowest BCUT2D eigenvalue weighted by Crippen LogP contribution is -2.08. The second-order valence-electron chi connectivity index (χ2n) is 6.72. The Morgan fingerprint density at radius 1 is 1.00 bits per heavy atom. The fourth-order valence-corrected chi connectivity index (χ4v) is 3.20. The van der Waals surface area contributed by atoms with Gasteiger partial charge in [-0.1, -0.05) is 31.2 Å². The summed E-state index contributed by atoms with van der Waals surface area (Å²) in [6.07, 6.45) is 3.55. The van der Waals surface area contributed by atoms with Gasteiger partial charge in [0.2, 0.25) is 5.95 Å². The molecule has 3 aromatic rings. The van der Waals surface area contributed by atoms with E-state index >= 15 is 0 Å². The molecule has 0 atom stereocenters. The van der Waals surface area contributed by atoms with Gasteiger partial charge in [-0.2, -0.15) is 4.98 Å². The van der Waals surface area contributed by atoms with E-state index in [-0.39, 0.29) is 0 Å². The van der Waals surface area contributed by atoms with Gasteiger partial charge in [0.15, 0.2) is 11.5 Å². The summed E-state index contributed by atoms with van der Waals surface area (Å²) in [4.78, 5) is 8.97. The minimum Gasteiger partial charge on any atom is -0.493 e. The van der Waals surface area contributed by atoms with E-state index in [0.29, 0.717) is 5.95 Å². The highest BCUT2D eigenvalue weighted by molar-refractivity contribution is 5.63. The number of rotatable bonds is 9. The van der Waals surface area contributed by atoms with Crippen molar-refractivity contribution >= 4 is 17.5 Å². The molecule has 0 fully saturated rings. The van der Waals surface area contributed by atoms with E-state index < -0.39 is 0 Å². The molecular weight excluding hydrogens is 364 g/mol. The number of para-hydroxylation sites is 1. The maximum absolute atomic E-state index is 5.37. The lowest BCUT2D eigenvalue weighted by atomic mass is 10.1. The first-order valence-corrected chi connectivity index (χ1v) is 9.78. The van der Waals surface area contributed by atoms with Gasteiger partial charge in [0.1, 0.15) is 5.82 Å². The van der Waals surface area contributed by atoms with Crippen molar-refractivity contribution in [3.63, 3.8) is 0 Å². The lowest BCUT2D eigenvalue weighted by molar-refractivity contribution is 0.354. The topological polar surface area (TPSA) is 68.3 Å². The largest absolute Gasteiger partial charge is 0.493 e. The van der Waals surface area contributed by atoms with Crippen LogP contribution in [0.15, 0.2) is 48.7 Å². The highest BCUT2D eigenvalue weighted by Gasteiger charge is 2.08. The summed E-state index contributed by atoms with van der Waals surface area (Å²) in [6, 6.07) is 14.1. The van der Waals surface area contributed by atoms with E-state index in [0.717, 1.165) is 48.0 Å². The summed E-state index contributed by atoms with van der Waals surface area (Å²) in [6.45, 7) is 4.98. The molecule has 0 saturated heterocycles. The number of hydrogen-bond donors (Lipinski definition) is 2. The third kappa shape index (κ3) is 5.16. The van der Waals surface area contributed by atoms with Crippen molar-refractivity contribution in [2.45, 2.75) is 26.7 Å². The maximum atomic E-state index is 5.37. The third-order valence-corrected chi connectivity index (χ3v) is 4.80. The highest BCUT2D eigenvalue weighted by atomic mass is 16.5. The quantitative estimate of drug-likeness (QED) is 0.547. The average Bonchev–Trinajstić information content (AvgIpc) is 2.75. The molecular formula is C23H28N4O2. The van der Waals surface area contributed by atoms with Gasteiger partial charge in [0.05, 0.1) is 14.2 Å². The predicted molar refractivity (Wildman–Crippen MR) is 118 cm³/mol. The van der Waals surface area contributed by atoms with Crippen molar-refractivity contribution in [2.24, 2.45) is 0 Å². The van der Waals surface area contributed by atoms with Gasteiger partial charge in [-0.15, -0.1) is 0 Å². The minimum atomic E-state index is 0.588. The molecule has 6 heteroatoms. The van der Waals surface area contributed by atoms with Crippen LogP contribution in [0.5, 0.6) is 11.5 Å². The number of hydrogen-bond acceptors (Lipinski definition) is 6. The van der Waals surface area contributed by atoms with Gasteiger partial charge in [0.25, 0.3) is 0 Å². The Hall–Kier alpha value is -3.28. The lowest BCUT2D eigenvalue weighted by Gasteiger charge is -2.14. The van der Waals surface area contributed by atoms with Crippen LogP contribution < -0.4 is 20.1 Å². The molecule has 3 rings (SSSR count). The summed E-state index contributed by atoms with van der Waals surface area (Å²) in [7, 11) is 3.29. The van der Waals surface area contributed by atoms with Crippen LogP contribution in [-0.4, -0.2) is 30.7 Å². The van der Waals surface area contributed by atoms with Crippen LogP contribution >= 0.6 is 0 Å². The molecule has 0 unspecified atom stereocenters. The number of ether oxygens (including phenoxy) is 2. The Morgan fingerprint density at radius 2 is 1.83 bits per heavy atom. The van der Waals surface area contributed by atoms with Gasteiger partial charge in [-0.3, -0.25) is 0 Å². The smallest absolute Gasteiger partial charge is 0.229 e. The predicted octanol–water partition coefficient (Wildman–Crippen LogP) is 4.76. The molecule has 0 bridgehead atoms. The summed E-state index contributed by atoms with van der Waals surface area (Å²) in [5.74, 6) is 2.85. The van der Waals surface area contributed by atoms with E-state index in [2.05, 4.69) is 52.6 Å². The zero-order valence-electron chi connectivity index (χ0n) is 17.5. The molecule has 0 spiro atoms. The summed E-state index contributed by atoms with van der Waals surface area (Å²) in [5.41, 5.74) is 4.67. The molecule has 6 nitrogen and oxygen atoms in total. The molecule has 2 aromatic carbocycles. The zero-order valence-corrected chi connectivity index (χ0v) is 17.5. The molecule has 0 aliphatic heterocycles. The van der Waals surface area contributed by atoms with Crippen LogP contribution in [0.4, 0.5) is 17.5 Å². The Morgan fingerprint density at radius 3 is 2.59 bits per heavy atom. The van der Waals surface area contributed by atoms with Gasteiger partial charge in [-0.05, 0) is 54.7 Å². The second-order valence-corrected chi connectivity index (χ2v) is 6.72. The minimum absolute atomic E-state index is 0.588. The number of methoxy groups -OCH3 is 2. The van der Waals surface area contributed by atoms with Crippen molar-refractivity contribution < 1.29 is 9.47 Å². The van der Waals surface area contributed by atoms with Crippen LogP contribution in [0, 0.1) is 6.92 Å². The first kappa shape index (κ1) is 20.5. The molecule has 0 amide bonds. The number of nitrogens with zero attached hydrogens (tertiary/aromatic N) is 2. The molecule has 1 aromatic heterocycles. The normalized spacial score (nSPS) is 10.5. The van der Waals surface area contributed by atoms with Gasteiger partial charge >= 0.3 is 0 Å². The van der Waals surface area contributed by atoms with Gasteiger partial charge < -0.3 is 20.1 Å². The van der Waals surface area contributed by atoms with Crippen molar-refractivity contribution in [1.82, 2.24) is 9.97 Å². The summed E-state index contributed by atoms with van der Waals surface area (Å²) < 4.78 is 10.7. The molecule has 0 saturated carbocycles. The van der Waals surface area contributed by atoms with Crippen LogP contribution in [0.2, 0.25) is 0 Å². The fraction of sp³-hybridized carbons (Fsp3) is 0.304. The van der Waals surface area contributed by atoms with Crippen molar-refractivity contribution in [3.8, 4) is 11.5 Å². The molecule has 0 aliphatic rings. The van der Waals surface area contributed by atoms with Crippen molar-refractivity contribution in [1.29, 1.82) is 0 Å². The fourth-order valence-electron chi connectivity index (χ4n) is 3.20. The molecule has 0 aliphatic carbocycles. The summed E-state index contributed by atoms with van der Waals surface area (Å²) >= 11 is 0. The van der Waals surface area contributed by atoms with E-state index in [9.17, 15) is 0 Å². The van der Waals surface area contributed by atoms with E-state index in [1.807, 2.05) is 24.3 Å². The van der Waals surface area contributed by atoms with E-state index in [1.165, 1.54) is 11.1 Å². The number of nitrogens with one attached hydrogen (secondary N) is 2. The average molecular weight is 393 g/mol. The molecule has 2 N–H and O–H groups in total. The summed E-state index contributed by atoms with van der Waals surface area (Å²) in [5, 5.41) is 6.74. The first-order chi connectivity index (χ1) is 14.1. The van der Waals surface area contributed by atoms with Crippen LogP contribution in [0.1, 0.15) is 23.6 Å². The Balaban J connectivity index is 1.64. The Kier molecular flexibility index (Phi) is 6.89. The van der Waals surface area contributed by atoms with Crippen LogP contribution in [0.3, 0.4) is 0 Å². The molecule has 1 heterocycles. The Bertz CT molecular complexity index is 959. The maximum Gasteiger partial charge on any atom is 0.229 e. The van der Waals surface area contributed by atoms with E-state index in [4.69, 9.17) is 9.47 Å². The van der Waals surface area contributed by atoms with Crippen molar-refractivity contribution in [3.05, 3.63) is 65.4 Å². The van der Waals surface area contributed by atoms with Gasteiger partial charge in [-0.25, -0.2) is 4.98 Å². The molecule has 152 valence electrons. The number of anilines is 3. The van der Waals surface area contributed by atoms with Crippen molar-refractivity contribution in [2.75, 3.05) is 31.4 Å². The van der Waals surface area contributed by atoms with Gasteiger partial charge in [0, 0.05) is 18.4 Å². The SMILES string of the molecule is CCc1cccc(C)c1Nc1nccc(NCCc2ccc(OC)c(OC)c2)n1. The third-order valence-electron chi connectivity index (χ3n) is 4.80. The molecule has 29 heavy (non-hydrogen) atoms. The highest BCUT2D eigenvalue weighted by Crippen LogP contribution is 2.28. The second kappa shape index (κ2) is 9.78. The van der Waals surface area contributed by atoms with Crippen LogP contribution in [-0.2, 0) is 12.8 Å². The number of aryl methyl sites for hydroxylation is 2.